The average molecular weight is 153 g/mol. The molecule has 11 heavy (non-hydrogen) atoms. The number of hydrogen-bond acceptors (Lipinski definition) is 2. The zero-order valence-electron chi connectivity index (χ0n) is 6.66. The third kappa shape index (κ3) is 1.33. The topological polar surface area (TPSA) is 32.3 Å². The van der Waals surface area contributed by atoms with Gasteiger partial charge in [0.2, 0.25) is 0 Å². The molecule has 0 aromatic heterocycles. The Morgan fingerprint density at radius 1 is 1.36 bits per heavy atom. The Labute approximate surface area is 67.3 Å². The van der Waals surface area contributed by atoms with E-state index in [1.165, 1.54) is 12.8 Å². The maximum atomic E-state index is 9.58. The van der Waals surface area contributed by atoms with Crippen LogP contribution in [0.25, 0.3) is 0 Å². The van der Waals surface area contributed by atoms with Crippen LogP contribution in [0.3, 0.4) is 0 Å². The Hall–Kier alpha value is -0.340. The molecule has 0 amide bonds. The van der Waals surface area contributed by atoms with Crippen molar-refractivity contribution in [1.29, 1.82) is 0 Å². The molecule has 0 bridgehead atoms. The molecule has 0 radical (unpaired) electrons. The van der Waals surface area contributed by atoms with Gasteiger partial charge < -0.3 is 10.4 Å². The molecule has 0 aromatic carbocycles. The maximum Gasteiger partial charge on any atom is 0.0586 e. The lowest BCUT2D eigenvalue weighted by Gasteiger charge is -2.20. The van der Waals surface area contributed by atoms with Crippen molar-refractivity contribution in [3.63, 3.8) is 0 Å². The van der Waals surface area contributed by atoms with E-state index in [1.54, 1.807) is 0 Å². The highest BCUT2D eigenvalue weighted by Gasteiger charge is 2.31. The fourth-order valence-electron chi connectivity index (χ4n) is 2.17. The molecule has 0 saturated heterocycles. The van der Waals surface area contributed by atoms with Crippen LogP contribution in [0, 0.1) is 5.92 Å². The van der Waals surface area contributed by atoms with Gasteiger partial charge in [-0.15, -0.1) is 0 Å². The normalized spacial score (nSPS) is 43.5. The zero-order valence-corrected chi connectivity index (χ0v) is 6.66. The van der Waals surface area contributed by atoms with Crippen LogP contribution in [-0.4, -0.2) is 23.8 Å². The predicted molar refractivity (Wildman–Crippen MR) is 44.3 cm³/mol. The van der Waals surface area contributed by atoms with Crippen molar-refractivity contribution < 1.29 is 5.11 Å². The Morgan fingerprint density at radius 2 is 2.27 bits per heavy atom. The van der Waals surface area contributed by atoms with Crippen molar-refractivity contribution in [1.82, 2.24) is 5.32 Å². The quantitative estimate of drug-likeness (QED) is 0.543. The molecule has 2 aliphatic rings. The van der Waals surface area contributed by atoms with Gasteiger partial charge in [0.15, 0.2) is 0 Å². The van der Waals surface area contributed by atoms with Gasteiger partial charge in [-0.25, -0.2) is 0 Å². The summed E-state index contributed by atoms with van der Waals surface area (Å²) in [7, 11) is 0. The summed E-state index contributed by atoms with van der Waals surface area (Å²) < 4.78 is 0. The first-order chi connectivity index (χ1) is 5.38. The van der Waals surface area contributed by atoms with Crippen LogP contribution < -0.4 is 5.32 Å². The summed E-state index contributed by atoms with van der Waals surface area (Å²) in [4.78, 5) is 0. The standard InChI is InChI=1S/C9H15NO/c11-9-5-1-3-7(9)8-4-2-6-10-8/h2,4,7-11H,1,3,5-6H2/t7-,8?,9+/m0/s1. The molecule has 2 heteroatoms. The van der Waals surface area contributed by atoms with Gasteiger partial charge in [-0.05, 0) is 12.8 Å². The first-order valence-corrected chi connectivity index (χ1v) is 4.46. The van der Waals surface area contributed by atoms with Crippen LogP contribution in [-0.2, 0) is 0 Å². The summed E-state index contributed by atoms with van der Waals surface area (Å²) in [6, 6.07) is 0.451. The summed E-state index contributed by atoms with van der Waals surface area (Å²) >= 11 is 0. The largest absolute Gasteiger partial charge is 0.393 e. The number of aliphatic hydroxyl groups is 1. The second-order valence-electron chi connectivity index (χ2n) is 3.52. The van der Waals surface area contributed by atoms with E-state index in [0.717, 1.165) is 13.0 Å². The van der Waals surface area contributed by atoms with E-state index in [1.807, 2.05) is 0 Å². The molecule has 3 atom stereocenters. The van der Waals surface area contributed by atoms with E-state index >= 15 is 0 Å². The first kappa shape index (κ1) is 7.32. The molecule has 1 saturated carbocycles. The number of nitrogens with one attached hydrogen (secondary N) is 1. The Bertz CT molecular complexity index is 167. The van der Waals surface area contributed by atoms with E-state index in [0.29, 0.717) is 12.0 Å². The average Bonchev–Trinajstić information content (AvgIpc) is 2.55. The van der Waals surface area contributed by atoms with Gasteiger partial charge in [0.25, 0.3) is 0 Å². The lowest BCUT2D eigenvalue weighted by Crippen LogP contribution is -2.34. The molecule has 62 valence electrons. The van der Waals surface area contributed by atoms with Gasteiger partial charge in [0, 0.05) is 18.5 Å². The van der Waals surface area contributed by atoms with E-state index in [2.05, 4.69) is 17.5 Å². The van der Waals surface area contributed by atoms with Gasteiger partial charge in [-0.2, -0.15) is 0 Å². The molecular weight excluding hydrogens is 138 g/mol. The van der Waals surface area contributed by atoms with E-state index < -0.39 is 0 Å². The lowest BCUT2D eigenvalue weighted by molar-refractivity contribution is 0.121. The zero-order chi connectivity index (χ0) is 7.68. The highest BCUT2D eigenvalue weighted by atomic mass is 16.3. The third-order valence-corrected chi connectivity index (χ3v) is 2.81. The van der Waals surface area contributed by atoms with Gasteiger partial charge in [-0.1, -0.05) is 18.6 Å². The van der Waals surface area contributed by atoms with Gasteiger partial charge in [0.1, 0.15) is 0 Å². The van der Waals surface area contributed by atoms with Crippen LogP contribution in [0.4, 0.5) is 0 Å². The molecule has 0 spiro atoms. The van der Waals surface area contributed by atoms with E-state index in [-0.39, 0.29) is 6.10 Å². The van der Waals surface area contributed by atoms with Gasteiger partial charge >= 0.3 is 0 Å². The first-order valence-electron chi connectivity index (χ1n) is 4.46. The fourth-order valence-corrected chi connectivity index (χ4v) is 2.17. The highest BCUT2D eigenvalue weighted by molar-refractivity contribution is 5.06. The molecule has 1 fully saturated rings. The van der Waals surface area contributed by atoms with Crippen LogP contribution in [0.1, 0.15) is 19.3 Å². The molecule has 2 N–H and O–H groups in total. The lowest BCUT2D eigenvalue weighted by atomic mass is 9.97. The second kappa shape index (κ2) is 2.95. The van der Waals surface area contributed by atoms with E-state index in [4.69, 9.17) is 0 Å². The van der Waals surface area contributed by atoms with Gasteiger partial charge in [0.05, 0.1) is 6.10 Å². The molecule has 0 aromatic rings. The fraction of sp³-hybridized carbons (Fsp3) is 0.778. The Balaban J connectivity index is 1.97. The minimum atomic E-state index is -0.0600. The molecule has 1 aliphatic carbocycles. The Morgan fingerprint density at radius 3 is 2.82 bits per heavy atom. The van der Waals surface area contributed by atoms with Gasteiger partial charge in [-0.3, -0.25) is 0 Å². The monoisotopic (exact) mass is 153 g/mol. The minimum Gasteiger partial charge on any atom is -0.393 e. The summed E-state index contributed by atoms with van der Waals surface area (Å²) in [5.41, 5.74) is 0. The Kier molecular flexibility index (Phi) is 1.96. The van der Waals surface area contributed by atoms with Crippen LogP contribution in [0.15, 0.2) is 12.2 Å². The summed E-state index contributed by atoms with van der Waals surface area (Å²) in [6.07, 6.45) is 7.65. The number of rotatable bonds is 1. The van der Waals surface area contributed by atoms with Crippen molar-refractivity contribution in [3.8, 4) is 0 Å². The van der Waals surface area contributed by atoms with Crippen molar-refractivity contribution in [2.75, 3.05) is 6.54 Å². The van der Waals surface area contributed by atoms with Crippen molar-refractivity contribution in [3.05, 3.63) is 12.2 Å². The predicted octanol–water partition coefficient (Wildman–Crippen LogP) is 0.675. The maximum absolute atomic E-state index is 9.58. The SMILES string of the molecule is O[C@@H]1CCC[C@H]1C1C=CCN1. The second-order valence-corrected chi connectivity index (χ2v) is 3.52. The number of hydrogen-bond donors (Lipinski definition) is 2. The smallest absolute Gasteiger partial charge is 0.0586 e. The molecule has 1 aliphatic heterocycles. The molecule has 1 unspecified atom stereocenters. The van der Waals surface area contributed by atoms with Crippen molar-refractivity contribution >= 4 is 0 Å². The van der Waals surface area contributed by atoms with Crippen LogP contribution in [0.2, 0.25) is 0 Å². The highest BCUT2D eigenvalue weighted by Crippen LogP contribution is 2.29. The summed E-state index contributed by atoms with van der Waals surface area (Å²) in [5, 5.41) is 12.9. The minimum absolute atomic E-state index is 0.0600. The molecule has 2 rings (SSSR count). The molecule has 2 nitrogen and oxygen atoms in total. The van der Waals surface area contributed by atoms with Crippen LogP contribution in [0.5, 0.6) is 0 Å². The summed E-state index contributed by atoms with van der Waals surface area (Å²) in [5.74, 6) is 0.480. The molecule has 1 heterocycles. The van der Waals surface area contributed by atoms with Crippen molar-refractivity contribution in [2.45, 2.75) is 31.4 Å². The van der Waals surface area contributed by atoms with Crippen molar-refractivity contribution in [2.24, 2.45) is 5.92 Å². The third-order valence-electron chi connectivity index (χ3n) is 2.81. The van der Waals surface area contributed by atoms with E-state index in [9.17, 15) is 5.11 Å². The number of aliphatic hydroxyl groups excluding tert-OH is 1. The molecular formula is C9H15NO. The summed E-state index contributed by atoms with van der Waals surface area (Å²) in [6.45, 7) is 0.980. The van der Waals surface area contributed by atoms with Crippen LogP contribution >= 0.6 is 0 Å².